The van der Waals surface area contributed by atoms with Gasteiger partial charge in [0.25, 0.3) is 0 Å². The average Bonchev–Trinajstić information content (AvgIpc) is 2.46. The van der Waals surface area contributed by atoms with Gasteiger partial charge in [-0.05, 0) is 0 Å². The van der Waals surface area contributed by atoms with Crippen LogP contribution in [0.15, 0.2) is 20.5 Å². The molecule has 0 N–H and O–H groups in total. The molecule has 0 radical (unpaired) electrons. The van der Waals surface area contributed by atoms with Crippen molar-refractivity contribution >= 4 is 20.0 Å². The van der Waals surface area contributed by atoms with Gasteiger partial charge in [0.05, 0.1) is 0 Å². The number of rotatable bonds is 1. The minimum absolute atomic E-state index is 0.0695. The van der Waals surface area contributed by atoms with Gasteiger partial charge in [-0.25, -0.2) is 0 Å². The number of hydrogen-bond acceptors (Lipinski definition) is 3. The van der Waals surface area contributed by atoms with Gasteiger partial charge >= 0.3 is 93.2 Å². The summed E-state index contributed by atoms with van der Waals surface area (Å²) in [6, 6.07) is 0. The molecule has 0 spiro atoms. The topological polar surface area (TPSA) is 43.4 Å². The van der Waals surface area contributed by atoms with Gasteiger partial charge in [-0.3, -0.25) is 0 Å². The Bertz CT molecular complexity index is 420. The normalized spacial score (nSPS) is 18.1. The molecule has 0 saturated carbocycles. The zero-order valence-corrected chi connectivity index (χ0v) is 10.9. The molecule has 3 nitrogen and oxygen atoms in total. The van der Waals surface area contributed by atoms with Gasteiger partial charge in [0.15, 0.2) is 0 Å². The molecule has 76 valence electrons. The third kappa shape index (κ3) is 1.86. The van der Waals surface area contributed by atoms with Crippen molar-refractivity contribution in [2.45, 2.75) is 10.3 Å². The summed E-state index contributed by atoms with van der Waals surface area (Å²) in [6.45, 7) is 2.18. The molecule has 14 heavy (non-hydrogen) atoms. The zero-order valence-electron chi connectivity index (χ0n) is 7.86. The number of halogens is 1. The summed E-state index contributed by atoms with van der Waals surface area (Å²) in [7, 11) is -1.98. The van der Waals surface area contributed by atoms with Gasteiger partial charge in [-0.15, -0.1) is 0 Å². The molecule has 1 aliphatic rings. The van der Waals surface area contributed by atoms with Crippen LogP contribution in [0.25, 0.3) is 12.2 Å². The molecule has 0 saturated heterocycles. The molecule has 0 amide bonds. The number of hydrogen-bond donors (Lipinski definition) is 0. The summed E-state index contributed by atoms with van der Waals surface area (Å²) < 4.78 is 21.1. The zero-order chi connectivity index (χ0) is 10.2. The van der Waals surface area contributed by atoms with Crippen LogP contribution in [-0.2, 0) is 4.57 Å². The van der Waals surface area contributed by atoms with E-state index in [0.717, 1.165) is 0 Å². The van der Waals surface area contributed by atoms with Crippen molar-refractivity contribution in [1.29, 1.82) is 0 Å². The van der Waals surface area contributed by atoms with E-state index in [9.17, 15) is 4.57 Å². The molecule has 0 unspecified atom stereocenters. The van der Waals surface area contributed by atoms with Gasteiger partial charge in [0.2, 0.25) is 0 Å². The van der Waals surface area contributed by atoms with E-state index in [1.165, 1.54) is 0 Å². The van der Waals surface area contributed by atoms with E-state index >= 15 is 0 Å². The van der Waals surface area contributed by atoms with Crippen LogP contribution in [0.3, 0.4) is 0 Å². The van der Waals surface area contributed by atoms with Crippen molar-refractivity contribution in [3.05, 3.63) is 23.7 Å². The summed E-state index contributed by atoms with van der Waals surface area (Å²) in [5.74, 6) is 1.17. The minimum atomic E-state index is -1.98. The SMILES string of the molecule is C[I-]C1(C)C=Cc2o[p+](=O)oc2C=C1. The Labute approximate surface area is 93.1 Å². The Morgan fingerprint density at radius 1 is 1.29 bits per heavy atom. The maximum absolute atomic E-state index is 11.0. The molecule has 1 aromatic rings. The van der Waals surface area contributed by atoms with Crippen molar-refractivity contribution in [3.8, 4) is 0 Å². The Morgan fingerprint density at radius 3 is 2.21 bits per heavy atom. The summed E-state index contributed by atoms with van der Waals surface area (Å²) in [5, 5.41) is 0. The van der Waals surface area contributed by atoms with Crippen LogP contribution in [0.2, 0.25) is 0 Å². The van der Waals surface area contributed by atoms with Crippen molar-refractivity contribution in [2.75, 3.05) is 4.93 Å². The fourth-order valence-corrected chi connectivity index (χ4v) is 2.89. The van der Waals surface area contributed by atoms with Gasteiger partial charge in [0, 0.05) is 0 Å². The monoisotopic (exact) mass is 324 g/mol. The molecule has 0 bridgehead atoms. The first-order valence-electron chi connectivity index (χ1n) is 4.09. The quantitative estimate of drug-likeness (QED) is 0.545. The molecule has 0 atom stereocenters. The third-order valence-electron chi connectivity index (χ3n) is 2.12. The summed E-state index contributed by atoms with van der Waals surface area (Å²) in [4.78, 5) is 2.23. The van der Waals surface area contributed by atoms with Crippen LogP contribution >= 0.6 is 7.89 Å². The molecule has 0 aromatic carbocycles. The average molecular weight is 324 g/mol. The molecule has 1 aliphatic carbocycles. The van der Waals surface area contributed by atoms with Crippen molar-refractivity contribution in [2.24, 2.45) is 0 Å². The van der Waals surface area contributed by atoms with Crippen LogP contribution in [-0.4, -0.2) is 8.35 Å². The Balaban J connectivity index is 2.49. The molecule has 1 aromatic heterocycles. The van der Waals surface area contributed by atoms with Crippen LogP contribution in [0.4, 0.5) is 0 Å². The molecule has 0 aliphatic heterocycles. The van der Waals surface area contributed by atoms with Gasteiger partial charge in [-0.2, -0.15) is 0 Å². The second-order valence-electron chi connectivity index (χ2n) is 3.14. The van der Waals surface area contributed by atoms with Crippen molar-refractivity contribution < 1.29 is 34.2 Å². The molecule has 5 heteroatoms. The summed E-state index contributed by atoms with van der Waals surface area (Å²) in [5.41, 5.74) is 0. The number of alkyl halides is 2. The fourth-order valence-electron chi connectivity index (χ4n) is 1.15. The van der Waals surface area contributed by atoms with Gasteiger partial charge in [-0.1, -0.05) is 0 Å². The van der Waals surface area contributed by atoms with Crippen molar-refractivity contribution in [1.82, 2.24) is 0 Å². The first-order chi connectivity index (χ1) is 6.63. The molecular weight excluding hydrogens is 314 g/mol. The Kier molecular flexibility index (Phi) is 2.66. The van der Waals surface area contributed by atoms with Crippen molar-refractivity contribution in [3.63, 3.8) is 0 Å². The summed E-state index contributed by atoms with van der Waals surface area (Å²) in [6.07, 6.45) is 7.91. The van der Waals surface area contributed by atoms with E-state index in [1.807, 2.05) is 12.2 Å². The van der Waals surface area contributed by atoms with Crippen LogP contribution in [0.1, 0.15) is 18.4 Å². The summed E-state index contributed by atoms with van der Waals surface area (Å²) >= 11 is 0.0695. The second kappa shape index (κ2) is 3.66. The van der Waals surface area contributed by atoms with E-state index in [2.05, 4.69) is 24.0 Å². The molecule has 0 fully saturated rings. The van der Waals surface area contributed by atoms with E-state index in [0.29, 0.717) is 11.5 Å². The standard InChI is InChI=1S/C9H10IO3P/c1-9(10-2)5-3-7-8(4-6-9)13-14(11)12-7/h3-6H,1-2H3. The van der Waals surface area contributed by atoms with Crippen LogP contribution in [0, 0.1) is 0 Å². The maximum atomic E-state index is 11.0. The van der Waals surface area contributed by atoms with E-state index in [4.69, 9.17) is 8.39 Å². The van der Waals surface area contributed by atoms with Gasteiger partial charge in [0.1, 0.15) is 0 Å². The molecule has 2 rings (SSSR count). The predicted octanol–water partition coefficient (Wildman–Crippen LogP) is 0.132. The van der Waals surface area contributed by atoms with Crippen LogP contribution in [0.5, 0.6) is 0 Å². The van der Waals surface area contributed by atoms with Crippen LogP contribution < -0.4 is 21.2 Å². The van der Waals surface area contributed by atoms with Gasteiger partial charge < -0.3 is 0 Å². The van der Waals surface area contributed by atoms with E-state index < -0.39 is 7.89 Å². The van der Waals surface area contributed by atoms with E-state index in [1.54, 1.807) is 0 Å². The second-order valence-corrected chi connectivity index (χ2v) is 7.36. The number of fused-ring (bicyclic) bond motifs is 1. The number of allylic oxidation sites excluding steroid dienone is 2. The first kappa shape index (κ1) is 10.2. The first-order valence-corrected chi connectivity index (χ1v) is 8.43. The molecular formula is C9H10IO3P. The Hall–Kier alpha value is -0.350. The molecule has 1 heterocycles. The predicted molar refractivity (Wildman–Crippen MR) is 51.0 cm³/mol. The fraction of sp³-hybridized carbons (Fsp3) is 0.333. The Morgan fingerprint density at radius 2 is 1.79 bits per heavy atom. The third-order valence-corrected chi connectivity index (χ3v) is 5.85. The van der Waals surface area contributed by atoms with E-state index in [-0.39, 0.29) is 24.6 Å².